The molecule has 1 atom stereocenters. The number of benzene rings is 1. The van der Waals surface area contributed by atoms with E-state index in [1.54, 1.807) is 39.4 Å². The second-order valence-corrected chi connectivity index (χ2v) is 9.91. The number of anilines is 1. The predicted octanol–water partition coefficient (Wildman–Crippen LogP) is 2.96. The summed E-state index contributed by atoms with van der Waals surface area (Å²) in [7, 11) is 1.72. The van der Waals surface area contributed by atoms with Gasteiger partial charge in [-0.3, -0.25) is 14.4 Å². The Balaban J connectivity index is 1.32. The maximum absolute atomic E-state index is 13.7. The van der Waals surface area contributed by atoms with E-state index in [-0.39, 0.29) is 43.2 Å². The molecule has 1 saturated heterocycles. The van der Waals surface area contributed by atoms with Gasteiger partial charge in [0.2, 0.25) is 0 Å². The van der Waals surface area contributed by atoms with Crippen molar-refractivity contribution < 1.29 is 22.8 Å². The lowest BCUT2D eigenvalue weighted by atomic mass is 10.0. The molecule has 1 unspecified atom stereocenters. The van der Waals surface area contributed by atoms with E-state index in [9.17, 15) is 22.8 Å². The first-order chi connectivity index (χ1) is 16.6. The summed E-state index contributed by atoms with van der Waals surface area (Å²) in [5.41, 5.74) is 2.92. The van der Waals surface area contributed by atoms with Crippen LogP contribution in [-0.2, 0) is 19.5 Å². The summed E-state index contributed by atoms with van der Waals surface area (Å²) < 4.78 is 42.6. The van der Waals surface area contributed by atoms with Gasteiger partial charge in [0.05, 0.1) is 18.8 Å². The highest BCUT2D eigenvalue weighted by atomic mass is 19.3. The van der Waals surface area contributed by atoms with E-state index in [4.69, 9.17) is 5.10 Å². The van der Waals surface area contributed by atoms with Crippen molar-refractivity contribution in [1.82, 2.24) is 24.5 Å². The molecule has 5 rings (SSSR count). The number of hydrogen-bond acceptors (Lipinski definition) is 4. The Morgan fingerprint density at radius 3 is 2.77 bits per heavy atom. The van der Waals surface area contributed by atoms with Gasteiger partial charge in [0.15, 0.2) is 0 Å². The van der Waals surface area contributed by atoms with E-state index in [1.165, 1.54) is 12.1 Å². The molecule has 3 aliphatic heterocycles. The SMILES string of the molecule is Cc1cc(NC(=O)N2CCc3nn4c(c3C2)C(=O)N(C)CC(CN2CCC(F)(F)C2)C4)ccc1F. The van der Waals surface area contributed by atoms with Crippen LogP contribution in [0.4, 0.5) is 23.7 Å². The molecular weight excluding hydrogens is 461 g/mol. The molecule has 1 aromatic heterocycles. The molecule has 0 aliphatic carbocycles. The van der Waals surface area contributed by atoms with Crippen molar-refractivity contribution in [3.8, 4) is 0 Å². The summed E-state index contributed by atoms with van der Waals surface area (Å²) in [5, 5.41) is 7.49. The number of aromatic nitrogens is 2. The summed E-state index contributed by atoms with van der Waals surface area (Å²) in [6, 6.07) is 4.06. The third kappa shape index (κ3) is 4.73. The second kappa shape index (κ2) is 8.85. The molecule has 3 aliphatic rings. The predicted molar refractivity (Wildman–Crippen MR) is 123 cm³/mol. The van der Waals surface area contributed by atoms with Gasteiger partial charge in [-0.15, -0.1) is 0 Å². The number of urea groups is 1. The fraction of sp³-hybridized carbons (Fsp3) is 0.542. The molecule has 1 aromatic carbocycles. The molecule has 4 heterocycles. The molecule has 0 spiro atoms. The normalized spacial score (nSPS) is 22.1. The molecule has 1 N–H and O–H groups in total. The van der Waals surface area contributed by atoms with Crippen LogP contribution in [0.1, 0.15) is 33.7 Å². The number of halogens is 3. The minimum Gasteiger partial charge on any atom is -0.340 e. The number of carbonyl (C=O) groups is 2. The molecule has 0 radical (unpaired) electrons. The van der Waals surface area contributed by atoms with Crippen molar-refractivity contribution in [2.75, 3.05) is 45.1 Å². The van der Waals surface area contributed by atoms with Gasteiger partial charge in [0, 0.05) is 69.8 Å². The van der Waals surface area contributed by atoms with Gasteiger partial charge in [0.1, 0.15) is 11.5 Å². The number of carbonyl (C=O) groups excluding carboxylic acids is 2. The van der Waals surface area contributed by atoms with Crippen LogP contribution in [0, 0.1) is 18.7 Å². The van der Waals surface area contributed by atoms with Crippen LogP contribution in [0.25, 0.3) is 0 Å². The number of aryl methyl sites for hydroxylation is 1. The van der Waals surface area contributed by atoms with E-state index >= 15 is 0 Å². The Bertz CT molecular complexity index is 1170. The van der Waals surface area contributed by atoms with Gasteiger partial charge in [0.25, 0.3) is 11.8 Å². The number of nitrogens with one attached hydrogen (secondary N) is 1. The molecule has 0 saturated carbocycles. The average Bonchev–Trinajstić information content (AvgIpc) is 3.29. The number of likely N-dealkylation sites (tertiary alicyclic amines) is 1. The van der Waals surface area contributed by atoms with E-state index in [0.29, 0.717) is 56.1 Å². The van der Waals surface area contributed by atoms with E-state index in [1.807, 2.05) is 0 Å². The van der Waals surface area contributed by atoms with Crippen LogP contribution < -0.4 is 5.32 Å². The van der Waals surface area contributed by atoms with Gasteiger partial charge in [-0.25, -0.2) is 18.0 Å². The number of hydrogen-bond donors (Lipinski definition) is 1. The van der Waals surface area contributed by atoms with E-state index in [0.717, 1.165) is 11.3 Å². The second-order valence-electron chi connectivity index (χ2n) is 9.91. The van der Waals surface area contributed by atoms with Crippen LogP contribution in [0.2, 0.25) is 0 Å². The van der Waals surface area contributed by atoms with Crippen LogP contribution in [-0.4, -0.2) is 82.1 Å². The van der Waals surface area contributed by atoms with Gasteiger partial charge in [-0.05, 0) is 30.7 Å². The third-order valence-corrected chi connectivity index (χ3v) is 7.08. The van der Waals surface area contributed by atoms with Gasteiger partial charge >= 0.3 is 6.03 Å². The Morgan fingerprint density at radius 1 is 1.26 bits per heavy atom. The van der Waals surface area contributed by atoms with Crippen LogP contribution in [0.5, 0.6) is 0 Å². The maximum atomic E-state index is 13.7. The maximum Gasteiger partial charge on any atom is 0.322 e. The first kappa shape index (κ1) is 23.7. The smallest absolute Gasteiger partial charge is 0.322 e. The van der Waals surface area contributed by atoms with Crippen molar-refractivity contribution in [1.29, 1.82) is 0 Å². The zero-order valence-corrected chi connectivity index (χ0v) is 19.9. The first-order valence-corrected chi connectivity index (χ1v) is 11.9. The van der Waals surface area contributed by atoms with Gasteiger partial charge in [-0.1, -0.05) is 0 Å². The molecule has 11 heteroatoms. The minimum absolute atomic E-state index is 0.0263. The standard InChI is InChI=1S/C24H29F3N6O2/c1-15-9-17(3-4-19(15)25)28-23(35)32-7-5-20-18(13-32)21-22(34)30(2)10-16(12-33(21)29-20)11-31-8-6-24(26,27)14-31/h3-4,9,16H,5-8,10-14H2,1-2H3,(H,28,35). The van der Waals surface area contributed by atoms with Crippen molar-refractivity contribution in [2.24, 2.45) is 5.92 Å². The lowest BCUT2D eigenvalue weighted by molar-refractivity contribution is 0.0102. The molecule has 3 amide bonds. The van der Waals surface area contributed by atoms with Crippen molar-refractivity contribution in [3.63, 3.8) is 0 Å². The quantitative estimate of drug-likeness (QED) is 0.718. The summed E-state index contributed by atoms with van der Waals surface area (Å²) in [4.78, 5) is 31.2. The van der Waals surface area contributed by atoms with Gasteiger partial charge < -0.3 is 15.1 Å². The Kier molecular flexibility index (Phi) is 5.98. The summed E-state index contributed by atoms with van der Waals surface area (Å²) >= 11 is 0. The van der Waals surface area contributed by atoms with Crippen LogP contribution >= 0.6 is 0 Å². The fourth-order valence-corrected chi connectivity index (χ4v) is 5.29. The Labute approximate surface area is 201 Å². The number of alkyl halides is 2. The van der Waals surface area contributed by atoms with Crippen molar-refractivity contribution in [3.05, 3.63) is 46.5 Å². The molecule has 0 bridgehead atoms. The lowest BCUT2D eigenvalue weighted by Gasteiger charge is -2.28. The molecule has 8 nitrogen and oxygen atoms in total. The van der Waals surface area contributed by atoms with E-state index < -0.39 is 5.92 Å². The fourth-order valence-electron chi connectivity index (χ4n) is 5.29. The van der Waals surface area contributed by atoms with Crippen molar-refractivity contribution in [2.45, 2.75) is 38.8 Å². The number of nitrogens with zero attached hydrogens (tertiary/aromatic N) is 5. The van der Waals surface area contributed by atoms with Crippen LogP contribution in [0.15, 0.2) is 18.2 Å². The molecule has 2 aromatic rings. The largest absolute Gasteiger partial charge is 0.340 e. The lowest BCUT2D eigenvalue weighted by Crippen LogP contribution is -2.40. The molecular formula is C24H29F3N6O2. The van der Waals surface area contributed by atoms with Crippen LogP contribution in [0.3, 0.4) is 0 Å². The summed E-state index contributed by atoms with van der Waals surface area (Å²) in [6.45, 7) is 3.79. The molecule has 188 valence electrons. The highest BCUT2D eigenvalue weighted by Crippen LogP contribution is 2.30. The van der Waals surface area contributed by atoms with Gasteiger partial charge in [-0.2, -0.15) is 5.10 Å². The third-order valence-electron chi connectivity index (χ3n) is 7.08. The number of amides is 3. The summed E-state index contributed by atoms with van der Waals surface area (Å²) in [6.07, 6.45) is 0.371. The minimum atomic E-state index is -2.65. The Morgan fingerprint density at radius 2 is 2.06 bits per heavy atom. The average molecular weight is 491 g/mol. The zero-order chi connectivity index (χ0) is 24.9. The van der Waals surface area contributed by atoms with Crippen molar-refractivity contribution >= 4 is 17.6 Å². The first-order valence-electron chi connectivity index (χ1n) is 11.9. The highest BCUT2D eigenvalue weighted by Gasteiger charge is 2.40. The summed E-state index contributed by atoms with van der Waals surface area (Å²) in [5.74, 6) is -3.20. The molecule has 35 heavy (non-hydrogen) atoms. The Hall–Kier alpha value is -3.08. The number of rotatable bonds is 3. The monoisotopic (exact) mass is 490 g/mol. The number of fused-ring (bicyclic) bond motifs is 3. The molecule has 1 fully saturated rings. The highest BCUT2D eigenvalue weighted by molar-refractivity contribution is 5.95. The topological polar surface area (TPSA) is 73.7 Å². The van der Waals surface area contributed by atoms with E-state index in [2.05, 4.69) is 5.32 Å². The zero-order valence-electron chi connectivity index (χ0n) is 19.9.